The zero-order valence-corrected chi connectivity index (χ0v) is 12.3. The summed E-state index contributed by atoms with van der Waals surface area (Å²) in [5.74, 6) is -1.09. The highest BCUT2D eigenvalue weighted by Gasteiger charge is 2.39. The maximum atomic E-state index is 12.5. The monoisotopic (exact) mass is 298 g/mol. The molecule has 1 aromatic rings. The third-order valence-corrected chi connectivity index (χ3v) is 5.37. The lowest BCUT2D eigenvalue weighted by Crippen LogP contribution is -2.40. The third kappa shape index (κ3) is 2.64. The highest BCUT2D eigenvalue weighted by molar-refractivity contribution is 7.89. The molecule has 1 aliphatic heterocycles. The van der Waals surface area contributed by atoms with Gasteiger partial charge in [-0.15, -0.1) is 0 Å². The van der Waals surface area contributed by atoms with Crippen LogP contribution in [-0.2, 0) is 14.8 Å². The first-order chi connectivity index (χ1) is 9.34. The molecule has 0 amide bonds. The van der Waals surface area contributed by atoms with Crippen molar-refractivity contribution in [2.45, 2.75) is 23.8 Å². The van der Waals surface area contributed by atoms with Crippen molar-refractivity contribution < 1.29 is 18.3 Å². The number of aliphatic carboxylic acids is 1. The van der Waals surface area contributed by atoms with E-state index in [0.29, 0.717) is 12.8 Å². The highest BCUT2D eigenvalue weighted by Crippen LogP contribution is 2.27. The molecule has 0 aliphatic carbocycles. The van der Waals surface area contributed by atoms with E-state index in [1.165, 1.54) is 12.1 Å². The standard InChI is InChI=1S/C13H18N2O4S/c1-14(2)10-5-7-11(8-6-10)20(18,19)15-9-3-4-12(15)13(16)17/h5-8,12H,3-4,9H2,1-2H3,(H,16,17)/t12-/m1/s1. The van der Waals surface area contributed by atoms with E-state index >= 15 is 0 Å². The Bertz CT molecular complexity index is 595. The summed E-state index contributed by atoms with van der Waals surface area (Å²) < 4.78 is 26.0. The smallest absolute Gasteiger partial charge is 0.322 e. The summed E-state index contributed by atoms with van der Waals surface area (Å²) >= 11 is 0. The zero-order chi connectivity index (χ0) is 14.9. The third-order valence-electron chi connectivity index (χ3n) is 3.45. The minimum absolute atomic E-state index is 0.135. The van der Waals surface area contributed by atoms with Gasteiger partial charge in [0.15, 0.2) is 0 Å². The maximum absolute atomic E-state index is 12.5. The van der Waals surface area contributed by atoms with Crippen molar-refractivity contribution in [1.29, 1.82) is 0 Å². The van der Waals surface area contributed by atoms with Crippen LogP contribution in [0.15, 0.2) is 29.2 Å². The second kappa shape index (κ2) is 5.41. The average molecular weight is 298 g/mol. The van der Waals surface area contributed by atoms with Crippen molar-refractivity contribution >= 4 is 21.7 Å². The topological polar surface area (TPSA) is 77.9 Å². The SMILES string of the molecule is CN(C)c1ccc(S(=O)(=O)N2CCC[C@@H]2C(=O)O)cc1. The van der Waals surface area contributed by atoms with Gasteiger partial charge in [0.05, 0.1) is 4.90 Å². The van der Waals surface area contributed by atoms with Gasteiger partial charge in [-0.25, -0.2) is 8.42 Å². The Morgan fingerprint density at radius 1 is 1.30 bits per heavy atom. The Kier molecular flexibility index (Phi) is 4.01. The quantitative estimate of drug-likeness (QED) is 0.897. The molecular weight excluding hydrogens is 280 g/mol. The van der Waals surface area contributed by atoms with Crippen LogP contribution >= 0.6 is 0 Å². The number of carboxylic acid groups (broad SMARTS) is 1. The predicted molar refractivity (Wildman–Crippen MR) is 75.3 cm³/mol. The molecule has 6 nitrogen and oxygen atoms in total. The molecule has 20 heavy (non-hydrogen) atoms. The molecule has 1 atom stereocenters. The summed E-state index contributed by atoms with van der Waals surface area (Å²) in [5.41, 5.74) is 0.889. The van der Waals surface area contributed by atoms with Gasteiger partial charge in [0.25, 0.3) is 0 Å². The van der Waals surface area contributed by atoms with Crippen LogP contribution in [0.25, 0.3) is 0 Å². The van der Waals surface area contributed by atoms with E-state index in [1.54, 1.807) is 12.1 Å². The van der Waals surface area contributed by atoms with E-state index in [1.807, 2.05) is 19.0 Å². The van der Waals surface area contributed by atoms with Crippen LogP contribution in [-0.4, -0.2) is 50.5 Å². The fourth-order valence-electron chi connectivity index (χ4n) is 2.33. The van der Waals surface area contributed by atoms with E-state index in [4.69, 9.17) is 5.11 Å². The van der Waals surface area contributed by atoms with Crippen molar-refractivity contribution in [2.75, 3.05) is 25.5 Å². The molecule has 2 rings (SSSR count). The molecule has 1 heterocycles. The van der Waals surface area contributed by atoms with Crippen LogP contribution < -0.4 is 4.90 Å². The van der Waals surface area contributed by atoms with Crippen molar-refractivity contribution in [2.24, 2.45) is 0 Å². The Hall–Kier alpha value is -1.60. The molecule has 0 saturated carbocycles. The lowest BCUT2D eigenvalue weighted by molar-refractivity contribution is -0.140. The van der Waals surface area contributed by atoms with Crippen LogP contribution in [0.5, 0.6) is 0 Å². The minimum atomic E-state index is -3.74. The fraction of sp³-hybridized carbons (Fsp3) is 0.462. The number of hydrogen-bond acceptors (Lipinski definition) is 4. The van der Waals surface area contributed by atoms with Crippen molar-refractivity contribution in [3.8, 4) is 0 Å². The Morgan fingerprint density at radius 3 is 2.40 bits per heavy atom. The largest absolute Gasteiger partial charge is 0.480 e. The minimum Gasteiger partial charge on any atom is -0.480 e. The number of sulfonamides is 1. The van der Waals surface area contributed by atoms with Gasteiger partial charge in [0, 0.05) is 26.3 Å². The van der Waals surface area contributed by atoms with Gasteiger partial charge in [0.1, 0.15) is 6.04 Å². The van der Waals surface area contributed by atoms with Crippen LogP contribution in [0.1, 0.15) is 12.8 Å². The van der Waals surface area contributed by atoms with Crippen molar-refractivity contribution in [3.05, 3.63) is 24.3 Å². The summed E-state index contributed by atoms with van der Waals surface area (Å²) in [7, 11) is -0.0103. The van der Waals surface area contributed by atoms with Gasteiger partial charge in [-0.1, -0.05) is 0 Å². The fourth-order valence-corrected chi connectivity index (χ4v) is 3.98. The molecule has 1 fully saturated rings. The first-order valence-electron chi connectivity index (χ1n) is 6.36. The van der Waals surface area contributed by atoms with Gasteiger partial charge in [0.2, 0.25) is 10.0 Å². The van der Waals surface area contributed by atoms with Crippen LogP contribution in [0.4, 0.5) is 5.69 Å². The lowest BCUT2D eigenvalue weighted by atomic mass is 10.2. The molecule has 110 valence electrons. The van der Waals surface area contributed by atoms with E-state index < -0.39 is 22.0 Å². The molecule has 0 aromatic heterocycles. The molecule has 0 spiro atoms. The summed E-state index contributed by atoms with van der Waals surface area (Å²) in [6.07, 6.45) is 0.941. The molecule has 7 heteroatoms. The zero-order valence-electron chi connectivity index (χ0n) is 11.5. The van der Waals surface area contributed by atoms with Crippen molar-refractivity contribution in [3.63, 3.8) is 0 Å². The van der Waals surface area contributed by atoms with E-state index in [0.717, 1.165) is 9.99 Å². The summed E-state index contributed by atoms with van der Waals surface area (Å²) in [4.78, 5) is 13.1. The molecular formula is C13H18N2O4S. The van der Waals surface area contributed by atoms with Crippen molar-refractivity contribution in [1.82, 2.24) is 4.31 Å². The number of hydrogen-bond donors (Lipinski definition) is 1. The lowest BCUT2D eigenvalue weighted by Gasteiger charge is -2.21. The number of carbonyl (C=O) groups is 1. The molecule has 0 unspecified atom stereocenters. The Balaban J connectivity index is 2.32. The van der Waals surface area contributed by atoms with Crippen LogP contribution in [0.3, 0.4) is 0 Å². The predicted octanol–water partition coefficient (Wildman–Crippen LogP) is 0.990. The first-order valence-corrected chi connectivity index (χ1v) is 7.80. The summed E-state index contributed by atoms with van der Waals surface area (Å²) in [6.45, 7) is 0.259. The molecule has 1 aliphatic rings. The second-order valence-corrected chi connectivity index (χ2v) is 6.89. The van der Waals surface area contributed by atoms with Gasteiger partial charge >= 0.3 is 5.97 Å². The number of nitrogens with zero attached hydrogens (tertiary/aromatic N) is 2. The van der Waals surface area contributed by atoms with Gasteiger partial charge in [-0.2, -0.15) is 4.31 Å². The molecule has 1 aromatic carbocycles. The number of rotatable bonds is 4. The van der Waals surface area contributed by atoms with Gasteiger partial charge < -0.3 is 10.0 Å². The van der Waals surface area contributed by atoms with E-state index in [2.05, 4.69) is 0 Å². The molecule has 1 saturated heterocycles. The summed E-state index contributed by atoms with van der Waals surface area (Å²) in [6, 6.07) is 5.50. The Labute approximate surface area is 118 Å². The maximum Gasteiger partial charge on any atom is 0.322 e. The number of carboxylic acids is 1. The van der Waals surface area contributed by atoms with Gasteiger partial charge in [-0.3, -0.25) is 4.79 Å². The molecule has 1 N–H and O–H groups in total. The van der Waals surface area contributed by atoms with Gasteiger partial charge in [-0.05, 0) is 37.1 Å². The normalized spacial score (nSPS) is 20.0. The average Bonchev–Trinajstić information content (AvgIpc) is 2.89. The molecule has 0 bridgehead atoms. The highest BCUT2D eigenvalue weighted by atomic mass is 32.2. The van der Waals surface area contributed by atoms with E-state index in [9.17, 15) is 13.2 Å². The second-order valence-electron chi connectivity index (χ2n) is 5.00. The number of anilines is 1. The number of benzene rings is 1. The summed E-state index contributed by atoms with van der Waals surface area (Å²) in [5, 5.41) is 9.10. The Morgan fingerprint density at radius 2 is 1.90 bits per heavy atom. The van der Waals surface area contributed by atoms with Crippen LogP contribution in [0, 0.1) is 0 Å². The first kappa shape index (κ1) is 14.8. The van der Waals surface area contributed by atoms with Crippen LogP contribution in [0.2, 0.25) is 0 Å². The van der Waals surface area contributed by atoms with E-state index in [-0.39, 0.29) is 11.4 Å². The molecule has 0 radical (unpaired) electrons.